The van der Waals surface area contributed by atoms with Crippen molar-refractivity contribution in [3.63, 3.8) is 0 Å². The van der Waals surface area contributed by atoms with Crippen LogP contribution in [-0.2, 0) is 4.79 Å². The highest BCUT2D eigenvalue weighted by atomic mass is 19.4. The maximum absolute atomic E-state index is 12.5. The lowest BCUT2D eigenvalue weighted by atomic mass is 10.1. The predicted octanol–water partition coefficient (Wildman–Crippen LogP) is 2.03. The minimum absolute atomic E-state index is 0.234. The lowest BCUT2D eigenvalue weighted by Crippen LogP contribution is -2.48. The van der Waals surface area contributed by atoms with Crippen LogP contribution in [0.3, 0.4) is 0 Å². The number of nitrogens with zero attached hydrogens (tertiary/aromatic N) is 1. The van der Waals surface area contributed by atoms with Gasteiger partial charge in [-0.05, 0) is 32.7 Å². The summed E-state index contributed by atoms with van der Waals surface area (Å²) in [6.07, 6.45) is -2.50. The standard InChI is InChI=1S/C12H21F3N2O/c1-8(6-16-3)11(18)17(7-12(13,14)15)9(2)10-4-5-10/h8-10,16H,4-7H2,1-3H3. The molecular weight excluding hydrogens is 245 g/mol. The summed E-state index contributed by atoms with van der Waals surface area (Å²) in [6.45, 7) is 2.62. The van der Waals surface area contributed by atoms with Gasteiger partial charge in [-0.3, -0.25) is 4.79 Å². The molecule has 18 heavy (non-hydrogen) atoms. The van der Waals surface area contributed by atoms with Gasteiger partial charge in [-0.2, -0.15) is 13.2 Å². The Balaban J connectivity index is 2.72. The van der Waals surface area contributed by atoms with E-state index in [0.717, 1.165) is 17.7 Å². The highest BCUT2D eigenvalue weighted by Crippen LogP contribution is 2.36. The topological polar surface area (TPSA) is 32.3 Å². The highest BCUT2D eigenvalue weighted by Gasteiger charge is 2.41. The number of alkyl halides is 3. The Morgan fingerprint density at radius 1 is 1.39 bits per heavy atom. The fourth-order valence-corrected chi connectivity index (χ4v) is 2.13. The van der Waals surface area contributed by atoms with Gasteiger partial charge >= 0.3 is 6.18 Å². The van der Waals surface area contributed by atoms with Crippen LogP contribution in [0.4, 0.5) is 13.2 Å². The van der Waals surface area contributed by atoms with Crippen LogP contribution in [0.1, 0.15) is 26.7 Å². The summed E-state index contributed by atoms with van der Waals surface area (Å²) in [4.78, 5) is 13.1. The van der Waals surface area contributed by atoms with Crippen molar-refractivity contribution in [2.24, 2.45) is 11.8 Å². The minimum atomic E-state index is -4.34. The molecule has 1 N–H and O–H groups in total. The number of nitrogens with one attached hydrogen (secondary N) is 1. The van der Waals surface area contributed by atoms with Crippen molar-refractivity contribution in [1.29, 1.82) is 0 Å². The second-order valence-electron chi connectivity index (χ2n) is 5.12. The molecule has 1 amide bonds. The molecule has 0 radical (unpaired) electrons. The summed E-state index contributed by atoms with van der Waals surface area (Å²) in [5, 5.41) is 2.82. The molecule has 106 valence electrons. The molecule has 0 saturated heterocycles. The molecule has 1 aliphatic rings. The zero-order valence-electron chi connectivity index (χ0n) is 11.0. The minimum Gasteiger partial charge on any atom is -0.330 e. The van der Waals surface area contributed by atoms with Crippen LogP contribution in [-0.4, -0.2) is 43.2 Å². The number of amides is 1. The number of hydrogen-bond acceptors (Lipinski definition) is 2. The zero-order chi connectivity index (χ0) is 13.9. The quantitative estimate of drug-likeness (QED) is 0.798. The smallest absolute Gasteiger partial charge is 0.330 e. The normalized spacial score (nSPS) is 19.4. The fourth-order valence-electron chi connectivity index (χ4n) is 2.13. The molecule has 1 saturated carbocycles. The lowest BCUT2D eigenvalue weighted by molar-refractivity contribution is -0.168. The van der Waals surface area contributed by atoms with Crippen molar-refractivity contribution >= 4 is 5.91 Å². The number of hydrogen-bond donors (Lipinski definition) is 1. The van der Waals surface area contributed by atoms with E-state index in [1.54, 1.807) is 20.9 Å². The number of rotatable bonds is 6. The van der Waals surface area contributed by atoms with Gasteiger partial charge in [0.2, 0.25) is 5.91 Å². The molecule has 0 spiro atoms. The fraction of sp³-hybridized carbons (Fsp3) is 0.917. The highest BCUT2D eigenvalue weighted by molar-refractivity contribution is 5.79. The van der Waals surface area contributed by atoms with E-state index in [-0.39, 0.29) is 12.0 Å². The van der Waals surface area contributed by atoms with Crippen LogP contribution in [0.5, 0.6) is 0 Å². The third-order valence-electron chi connectivity index (χ3n) is 3.36. The Bertz CT molecular complexity index is 290. The van der Waals surface area contributed by atoms with E-state index in [2.05, 4.69) is 5.32 Å². The molecule has 0 bridgehead atoms. The molecule has 1 rings (SSSR count). The second-order valence-corrected chi connectivity index (χ2v) is 5.12. The Kier molecular flexibility index (Phi) is 5.01. The third-order valence-corrected chi connectivity index (χ3v) is 3.36. The third kappa shape index (κ3) is 4.48. The Morgan fingerprint density at radius 2 is 1.94 bits per heavy atom. The number of carbonyl (C=O) groups excluding carboxylic acids is 1. The molecule has 0 aromatic heterocycles. The number of carbonyl (C=O) groups is 1. The van der Waals surface area contributed by atoms with Gasteiger partial charge in [0.15, 0.2) is 0 Å². The Hall–Kier alpha value is -0.780. The summed E-state index contributed by atoms with van der Waals surface area (Å²) >= 11 is 0. The molecule has 0 aliphatic heterocycles. The first-order chi connectivity index (χ1) is 8.26. The van der Waals surface area contributed by atoms with Crippen molar-refractivity contribution in [1.82, 2.24) is 10.2 Å². The summed E-state index contributed by atoms with van der Waals surface area (Å²) in [6, 6.07) is -0.321. The van der Waals surface area contributed by atoms with Gasteiger partial charge in [0.05, 0.1) is 0 Å². The summed E-state index contributed by atoms with van der Waals surface area (Å²) in [5.41, 5.74) is 0. The van der Waals surface area contributed by atoms with E-state index in [4.69, 9.17) is 0 Å². The first-order valence-corrected chi connectivity index (χ1v) is 6.28. The van der Waals surface area contributed by atoms with Crippen LogP contribution in [0.15, 0.2) is 0 Å². The molecule has 0 aromatic carbocycles. The maximum atomic E-state index is 12.5. The van der Waals surface area contributed by atoms with Crippen LogP contribution in [0.2, 0.25) is 0 Å². The zero-order valence-corrected chi connectivity index (χ0v) is 11.0. The predicted molar refractivity (Wildman–Crippen MR) is 63.0 cm³/mol. The molecule has 3 nitrogen and oxygen atoms in total. The van der Waals surface area contributed by atoms with E-state index in [9.17, 15) is 18.0 Å². The van der Waals surface area contributed by atoms with Gasteiger partial charge in [-0.25, -0.2) is 0 Å². The van der Waals surface area contributed by atoms with Gasteiger partial charge in [-0.1, -0.05) is 6.92 Å². The van der Waals surface area contributed by atoms with Crippen molar-refractivity contribution < 1.29 is 18.0 Å². The van der Waals surface area contributed by atoms with Gasteiger partial charge in [0.1, 0.15) is 6.54 Å². The van der Waals surface area contributed by atoms with Crippen molar-refractivity contribution in [3.05, 3.63) is 0 Å². The molecule has 1 aliphatic carbocycles. The average molecular weight is 266 g/mol. The van der Waals surface area contributed by atoms with Gasteiger partial charge < -0.3 is 10.2 Å². The van der Waals surface area contributed by atoms with Gasteiger partial charge in [0.25, 0.3) is 0 Å². The van der Waals surface area contributed by atoms with Crippen LogP contribution in [0.25, 0.3) is 0 Å². The molecule has 2 unspecified atom stereocenters. The second kappa shape index (κ2) is 5.91. The largest absolute Gasteiger partial charge is 0.406 e. The Labute approximate surface area is 106 Å². The van der Waals surface area contributed by atoms with Crippen LogP contribution >= 0.6 is 0 Å². The first kappa shape index (κ1) is 15.3. The lowest BCUT2D eigenvalue weighted by Gasteiger charge is -2.32. The van der Waals surface area contributed by atoms with Crippen molar-refractivity contribution in [3.8, 4) is 0 Å². The summed E-state index contributed by atoms with van der Waals surface area (Å²) < 4.78 is 37.6. The Morgan fingerprint density at radius 3 is 2.33 bits per heavy atom. The molecule has 6 heteroatoms. The number of halogens is 3. The van der Waals surface area contributed by atoms with E-state index in [1.807, 2.05) is 0 Å². The van der Waals surface area contributed by atoms with E-state index in [0.29, 0.717) is 6.54 Å². The first-order valence-electron chi connectivity index (χ1n) is 6.28. The van der Waals surface area contributed by atoms with Crippen molar-refractivity contribution in [2.75, 3.05) is 20.1 Å². The van der Waals surface area contributed by atoms with Crippen LogP contribution < -0.4 is 5.32 Å². The molecular formula is C12H21F3N2O. The van der Waals surface area contributed by atoms with E-state index in [1.165, 1.54) is 0 Å². The monoisotopic (exact) mass is 266 g/mol. The van der Waals surface area contributed by atoms with E-state index >= 15 is 0 Å². The molecule has 0 heterocycles. The molecule has 2 atom stereocenters. The molecule has 1 fully saturated rings. The van der Waals surface area contributed by atoms with Crippen molar-refractivity contribution in [2.45, 2.75) is 38.9 Å². The van der Waals surface area contributed by atoms with Gasteiger partial charge in [0, 0.05) is 18.5 Å². The van der Waals surface area contributed by atoms with Gasteiger partial charge in [-0.15, -0.1) is 0 Å². The average Bonchev–Trinajstić information content (AvgIpc) is 3.06. The maximum Gasteiger partial charge on any atom is 0.406 e. The summed E-state index contributed by atoms with van der Waals surface area (Å²) in [7, 11) is 1.68. The van der Waals surface area contributed by atoms with Crippen LogP contribution in [0, 0.1) is 11.8 Å². The van der Waals surface area contributed by atoms with E-state index < -0.39 is 24.5 Å². The summed E-state index contributed by atoms with van der Waals surface area (Å²) in [5.74, 6) is -0.613. The SMILES string of the molecule is CNCC(C)C(=O)N(CC(F)(F)F)C(C)C1CC1. The molecule has 0 aromatic rings.